The van der Waals surface area contributed by atoms with Gasteiger partial charge in [0.1, 0.15) is 6.61 Å². The summed E-state index contributed by atoms with van der Waals surface area (Å²) in [4.78, 5) is 26.6. The van der Waals surface area contributed by atoms with Gasteiger partial charge in [-0.1, -0.05) is 46.3 Å². The summed E-state index contributed by atoms with van der Waals surface area (Å²) in [6.45, 7) is 12.8. The van der Waals surface area contributed by atoms with Crippen LogP contribution in [0.3, 0.4) is 0 Å². The summed E-state index contributed by atoms with van der Waals surface area (Å²) < 4.78 is 31.6. The number of aliphatic hydroxyl groups is 2. The van der Waals surface area contributed by atoms with Crippen LogP contribution < -0.4 is 0 Å². The van der Waals surface area contributed by atoms with Crippen LogP contribution in [0.5, 0.6) is 0 Å². The van der Waals surface area contributed by atoms with Gasteiger partial charge in [-0.3, -0.25) is 9.59 Å². The topological polar surface area (TPSA) is 93.1 Å². The third kappa shape index (κ3) is 3.59. The Hall–Kier alpha value is -1.34. The first-order chi connectivity index (χ1) is 18.5. The third-order valence-corrected chi connectivity index (χ3v) is 11.1. The van der Waals surface area contributed by atoms with Crippen molar-refractivity contribution >= 4 is 11.6 Å². The van der Waals surface area contributed by atoms with Gasteiger partial charge in [-0.25, -0.2) is 0 Å². The Morgan fingerprint density at radius 1 is 1.29 bits per heavy atom. The lowest BCUT2D eigenvalue weighted by Gasteiger charge is -2.64. The molecular weight excluding hydrogens is 480 g/mol. The number of ketones is 2. The predicted octanol–water partition coefficient (Wildman–Crippen LogP) is 5.16. The summed E-state index contributed by atoms with van der Waals surface area (Å²) in [6.07, 6.45) is 4.03. The van der Waals surface area contributed by atoms with E-state index in [9.17, 15) is 19.8 Å². The van der Waals surface area contributed by atoms with Gasteiger partial charge >= 0.3 is 0 Å². The van der Waals surface area contributed by atoms with Crippen molar-refractivity contribution in [3.63, 3.8) is 0 Å². The van der Waals surface area contributed by atoms with Crippen LogP contribution in [0, 0.1) is 40.4 Å². The number of aliphatic hydroxyl groups excluding tert-OH is 1. The normalized spacial score (nSPS) is 47.7. The number of carbonyl (C=O) groups is 2. The van der Waals surface area contributed by atoms with Crippen molar-refractivity contribution in [1.82, 2.24) is 0 Å². The number of fused-ring (bicyclic) bond motifs is 7. The second-order valence-electron chi connectivity index (χ2n) is 13.6. The average molecular weight is 531 g/mol. The van der Waals surface area contributed by atoms with E-state index in [0.717, 1.165) is 12.0 Å². The fraction of sp³-hybridized carbons (Fsp3) is 0.812. The van der Waals surface area contributed by atoms with Gasteiger partial charge in [0.15, 0.2) is 23.5 Å². The lowest BCUT2D eigenvalue weighted by Crippen LogP contribution is -2.67. The molecule has 0 radical (unpaired) electrons. The largest absolute Gasteiger partial charge is 0.390 e. The van der Waals surface area contributed by atoms with Gasteiger partial charge in [-0.15, -0.1) is 0 Å². The first kappa shape index (κ1) is 25.6. The van der Waals surface area contributed by atoms with Crippen LogP contribution in [0.1, 0.15) is 96.1 Å². The summed E-state index contributed by atoms with van der Waals surface area (Å²) in [7, 11) is 0. The van der Waals surface area contributed by atoms with E-state index in [1.807, 2.05) is 6.92 Å². The number of hydrogen-bond donors (Lipinski definition) is 2. The standard InChI is InChI=1S/C32H48O6/c1-8-30-15-20(6)24(34)13-21(30)10-11-22-23-14-26-32(25(35)16-33,38-28(37-26)19(5)12-18(3)4)31(23,9-2)17-29(7,36)27(22)30/h13,15,18-19,22-23,26-28,33,36H,8-12,14,16-17H2,1-7H3/t19?,22-,23-,26+,27+,28?,29-,30-,31-,32+/m0/s1/i8D2. The molecule has 0 aromatic carbocycles. The van der Waals surface area contributed by atoms with Crippen molar-refractivity contribution in [1.29, 1.82) is 0 Å². The minimum Gasteiger partial charge on any atom is -0.390 e. The molecule has 0 aromatic rings. The number of allylic oxidation sites excluding steroid dienone is 4. The fourth-order valence-corrected chi connectivity index (χ4v) is 9.99. The van der Waals surface area contributed by atoms with Gasteiger partial charge in [0.25, 0.3) is 0 Å². The monoisotopic (exact) mass is 530 g/mol. The first-order valence-corrected chi connectivity index (χ1v) is 14.7. The number of Topliss-reactive ketones (excluding diaryl/α,β-unsaturated/α-hetero) is 1. The Labute approximate surface area is 231 Å². The van der Waals surface area contributed by atoms with Crippen molar-refractivity contribution in [3.05, 3.63) is 23.3 Å². The highest BCUT2D eigenvalue weighted by Gasteiger charge is 2.78. The van der Waals surface area contributed by atoms with Crippen LogP contribution in [0.4, 0.5) is 0 Å². The van der Waals surface area contributed by atoms with E-state index in [4.69, 9.17) is 12.2 Å². The highest BCUT2D eigenvalue weighted by atomic mass is 16.7. The van der Waals surface area contributed by atoms with Crippen molar-refractivity contribution in [3.8, 4) is 0 Å². The van der Waals surface area contributed by atoms with Crippen LogP contribution >= 0.6 is 0 Å². The van der Waals surface area contributed by atoms with Gasteiger partial charge in [0.2, 0.25) is 0 Å². The average Bonchev–Trinajstić information content (AvgIpc) is 3.36. The predicted molar refractivity (Wildman–Crippen MR) is 145 cm³/mol. The molecule has 6 nitrogen and oxygen atoms in total. The Bertz CT molecular complexity index is 1140. The lowest BCUT2D eigenvalue weighted by molar-refractivity contribution is -0.234. The van der Waals surface area contributed by atoms with Gasteiger partial charge < -0.3 is 19.7 Å². The zero-order valence-corrected chi connectivity index (χ0v) is 24.2. The molecule has 4 aliphatic carbocycles. The smallest absolute Gasteiger partial charge is 0.193 e. The molecule has 2 N–H and O–H groups in total. The van der Waals surface area contributed by atoms with Crippen molar-refractivity contribution in [2.24, 2.45) is 40.4 Å². The molecule has 212 valence electrons. The van der Waals surface area contributed by atoms with E-state index in [2.05, 4.69) is 20.8 Å². The summed E-state index contributed by atoms with van der Waals surface area (Å²) in [6, 6.07) is 0. The Balaban J connectivity index is 1.65. The Morgan fingerprint density at radius 3 is 2.61 bits per heavy atom. The number of ether oxygens (including phenoxy) is 2. The SMILES string of the molecule is [2H]C([2H])(C)[C@]12C=C(C)C(=O)C=C1CC[C@@H]1[C@@H]2[C@@](C)(O)C[C@@]2(CC)[C@H]1C[C@H]1OC(C(C)CC(C)C)O[C@]12C(=O)CO. The molecule has 38 heavy (non-hydrogen) atoms. The van der Waals surface area contributed by atoms with Gasteiger partial charge in [-0.2, -0.15) is 0 Å². The van der Waals surface area contributed by atoms with Crippen molar-refractivity contribution in [2.45, 2.75) is 117 Å². The molecule has 0 amide bonds. The molecular formula is C32H48O6. The first-order valence-electron chi connectivity index (χ1n) is 15.7. The van der Waals surface area contributed by atoms with Crippen LogP contribution in [-0.2, 0) is 19.1 Å². The van der Waals surface area contributed by atoms with E-state index in [1.54, 1.807) is 32.9 Å². The summed E-state index contributed by atoms with van der Waals surface area (Å²) >= 11 is 0. The van der Waals surface area contributed by atoms with Crippen LogP contribution in [0.25, 0.3) is 0 Å². The fourth-order valence-electron chi connectivity index (χ4n) is 9.99. The quantitative estimate of drug-likeness (QED) is 0.472. The summed E-state index contributed by atoms with van der Waals surface area (Å²) in [5.74, 6) is -0.686. The molecule has 0 bridgehead atoms. The minimum atomic E-state index is -1.74. The molecule has 1 saturated heterocycles. The van der Waals surface area contributed by atoms with Gasteiger partial charge in [-0.05, 0) is 88.1 Å². The molecule has 5 rings (SSSR count). The molecule has 10 atom stereocenters. The van der Waals surface area contributed by atoms with E-state index >= 15 is 0 Å². The van der Waals surface area contributed by atoms with Crippen LogP contribution in [0.15, 0.2) is 23.3 Å². The lowest BCUT2D eigenvalue weighted by atomic mass is 9.41. The summed E-state index contributed by atoms with van der Waals surface area (Å²) in [5.41, 5.74) is -3.40. The van der Waals surface area contributed by atoms with Gasteiger partial charge in [0, 0.05) is 25.4 Å². The molecule has 2 unspecified atom stereocenters. The maximum Gasteiger partial charge on any atom is 0.193 e. The van der Waals surface area contributed by atoms with E-state index in [0.29, 0.717) is 37.2 Å². The van der Waals surface area contributed by atoms with E-state index < -0.39 is 53.3 Å². The molecule has 0 spiro atoms. The van der Waals surface area contributed by atoms with E-state index in [1.165, 1.54) is 0 Å². The molecule has 5 aliphatic rings. The molecule has 6 heteroatoms. The Morgan fingerprint density at radius 2 is 2.00 bits per heavy atom. The van der Waals surface area contributed by atoms with Crippen LogP contribution in [-0.4, -0.2) is 52.0 Å². The minimum absolute atomic E-state index is 0.0593. The molecule has 1 heterocycles. The van der Waals surface area contributed by atoms with Crippen LogP contribution in [0.2, 0.25) is 0 Å². The van der Waals surface area contributed by atoms with E-state index in [-0.39, 0.29) is 35.7 Å². The number of carbonyl (C=O) groups excluding carboxylic acids is 2. The highest BCUT2D eigenvalue weighted by molar-refractivity contribution is 6.05. The Kier molecular flexibility index (Phi) is 6.31. The maximum absolute atomic E-state index is 13.9. The van der Waals surface area contributed by atoms with Crippen molar-refractivity contribution in [2.75, 3.05) is 6.61 Å². The van der Waals surface area contributed by atoms with Crippen molar-refractivity contribution < 1.29 is 32.0 Å². The maximum atomic E-state index is 13.9. The zero-order valence-electron chi connectivity index (χ0n) is 26.2. The molecule has 3 saturated carbocycles. The number of rotatable bonds is 7. The summed E-state index contributed by atoms with van der Waals surface area (Å²) in [5, 5.41) is 22.8. The second kappa shape index (κ2) is 9.36. The second-order valence-corrected chi connectivity index (χ2v) is 13.6. The molecule has 1 aliphatic heterocycles. The third-order valence-electron chi connectivity index (χ3n) is 11.1. The van der Waals surface area contributed by atoms with Gasteiger partial charge in [0.05, 0.1) is 11.7 Å². The molecule has 0 aromatic heterocycles. The highest BCUT2D eigenvalue weighted by Crippen LogP contribution is 2.73. The molecule has 4 fully saturated rings. The number of hydrogen-bond acceptors (Lipinski definition) is 6. The zero-order chi connectivity index (χ0) is 29.6.